The molecule has 1 heterocycles. The summed E-state index contributed by atoms with van der Waals surface area (Å²) < 4.78 is 11.0. The second-order valence-electron chi connectivity index (χ2n) is 6.84. The predicted molar refractivity (Wildman–Crippen MR) is 98.0 cm³/mol. The average Bonchev–Trinajstić information content (AvgIpc) is 2.65. The fraction of sp³-hybridized carbons (Fsp3) is 0.476. The summed E-state index contributed by atoms with van der Waals surface area (Å²) in [6.07, 6.45) is 4.03. The van der Waals surface area contributed by atoms with E-state index in [1.165, 1.54) is 5.56 Å². The molecule has 1 atom stereocenters. The van der Waals surface area contributed by atoms with E-state index in [0.29, 0.717) is 26.1 Å². The molecular weight excluding hydrogens is 332 g/mol. The Morgan fingerprint density at radius 2 is 2.00 bits per heavy atom. The number of esters is 1. The second kappa shape index (κ2) is 8.16. The number of rotatable bonds is 4. The van der Waals surface area contributed by atoms with Gasteiger partial charge in [0.05, 0.1) is 13.2 Å². The first-order valence-corrected chi connectivity index (χ1v) is 9.12. The van der Waals surface area contributed by atoms with Crippen LogP contribution in [0.4, 0.5) is 0 Å². The molecule has 1 aromatic rings. The SMILES string of the molecule is C=C(c1ccc(C)cc1)C1COC2(CCC(=CC(=O)OCC)CC2)OO1. The molecule has 0 bridgehead atoms. The van der Waals surface area contributed by atoms with Gasteiger partial charge in [0.25, 0.3) is 0 Å². The minimum absolute atomic E-state index is 0.283. The summed E-state index contributed by atoms with van der Waals surface area (Å²) in [6, 6.07) is 8.15. The molecule has 0 amide bonds. The van der Waals surface area contributed by atoms with Crippen molar-refractivity contribution >= 4 is 11.5 Å². The number of allylic oxidation sites excluding steroid dienone is 1. The van der Waals surface area contributed by atoms with E-state index >= 15 is 0 Å². The lowest BCUT2D eigenvalue weighted by Gasteiger charge is -2.41. The van der Waals surface area contributed by atoms with Gasteiger partial charge in [-0.05, 0) is 37.8 Å². The summed E-state index contributed by atoms with van der Waals surface area (Å²) in [5.41, 5.74) is 4.13. The topological polar surface area (TPSA) is 54.0 Å². The third-order valence-corrected chi connectivity index (χ3v) is 4.89. The maximum Gasteiger partial charge on any atom is 0.330 e. The van der Waals surface area contributed by atoms with Crippen LogP contribution >= 0.6 is 0 Å². The third-order valence-electron chi connectivity index (χ3n) is 4.89. The van der Waals surface area contributed by atoms with Gasteiger partial charge in [0.15, 0.2) is 0 Å². The Labute approximate surface area is 154 Å². The third kappa shape index (κ3) is 4.41. The Kier molecular flexibility index (Phi) is 5.91. The summed E-state index contributed by atoms with van der Waals surface area (Å²) in [4.78, 5) is 22.9. The average molecular weight is 358 g/mol. The molecule has 5 heteroatoms. The number of carbonyl (C=O) groups is 1. The molecular formula is C21H26O5. The van der Waals surface area contributed by atoms with Crippen molar-refractivity contribution in [2.45, 2.75) is 51.4 Å². The Morgan fingerprint density at radius 1 is 1.31 bits per heavy atom. The maximum atomic E-state index is 11.6. The molecule has 1 saturated heterocycles. The highest BCUT2D eigenvalue weighted by Crippen LogP contribution is 2.39. The molecule has 1 aliphatic carbocycles. The van der Waals surface area contributed by atoms with Gasteiger partial charge >= 0.3 is 5.97 Å². The number of carbonyl (C=O) groups excluding carboxylic acids is 1. The van der Waals surface area contributed by atoms with Crippen LogP contribution in [-0.4, -0.2) is 31.1 Å². The van der Waals surface area contributed by atoms with Crippen LogP contribution in [0.25, 0.3) is 5.57 Å². The van der Waals surface area contributed by atoms with Crippen LogP contribution in [0.15, 0.2) is 42.5 Å². The van der Waals surface area contributed by atoms with Gasteiger partial charge in [0, 0.05) is 18.9 Å². The van der Waals surface area contributed by atoms with Gasteiger partial charge in [-0.15, -0.1) is 0 Å². The quantitative estimate of drug-likeness (QED) is 0.460. The normalized spacial score (nSPS) is 25.8. The molecule has 1 aliphatic heterocycles. The van der Waals surface area contributed by atoms with E-state index in [4.69, 9.17) is 19.2 Å². The van der Waals surface area contributed by atoms with Crippen LogP contribution in [0, 0.1) is 6.92 Å². The second-order valence-corrected chi connectivity index (χ2v) is 6.84. The van der Waals surface area contributed by atoms with Crippen molar-refractivity contribution in [3.63, 3.8) is 0 Å². The summed E-state index contributed by atoms with van der Waals surface area (Å²) in [6.45, 7) is 8.77. The Bertz CT molecular complexity index is 669. The molecule has 1 aromatic carbocycles. The monoisotopic (exact) mass is 358 g/mol. The lowest BCUT2D eigenvalue weighted by Crippen LogP contribution is -2.46. The molecule has 0 radical (unpaired) electrons. The summed E-state index contributed by atoms with van der Waals surface area (Å²) in [7, 11) is 0. The number of hydrogen-bond donors (Lipinski definition) is 0. The van der Waals surface area contributed by atoms with Crippen LogP contribution in [0.1, 0.15) is 43.7 Å². The van der Waals surface area contributed by atoms with Crippen LogP contribution in [0.5, 0.6) is 0 Å². The highest BCUT2D eigenvalue weighted by atomic mass is 17.2. The molecule has 26 heavy (non-hydrogen) atoms. The minimum atomic E-state index is -0.726. The summed E-state index contributed by atoms with van der Waals surface area (Å²) >= 11 is 0. The number of ether oxygens (including phenoxy) is 2. The van der Waals surface area contributed by atoms with Gasteiger partial charge < -0.3 is 9.47 Å². The highest BCUT2D eigenvalue weighted by molar-refractivity contribution is 5.82. The lowest BCUT2D eigenvalue weighted by atomic mass is 9.89. The fourth-order valence-corrected chi connectivity index (χ4v) is 3.21. The first kappa shape index (κ1) is 18.8. The molecule has 1 spiro atoms. The number of aryl methyl sites for hydroxylation is 1. The molecule has 0 aromatic heterocycles. The largest absolute Gasteiger partial charge is 0.463 e. The Hall–Kier alpha value is -1.95. The van der Waals surface area contributed by atoms with Crippen molar-refractivity contribution in [1.29, 1.82) is 0 Å². The van der Waals surface area contributed by atoms with Crippen molar-refractivity contribution < 1.29 is 24.0 Å². The predicted octanol–water partition coefficient (Wildman–Crippen LogP) is 4.12. The van der Waals surface area contributed by atoms with Crippen LogP contribution in [0.2, 0.25) is 0 Å². The minimum Gasteiger partial charge on any atom is -0.463 e. The van der Waals surface area contributed by atoms with Crippen molar-refractivity contribution in [2.75, 3.05) is 13.2 Å². The van der Waals surface area contributed by atoms with Crippen molar-refractivity contribution in [3.8, 4) is 0 Å². The van der Waals surface area contributed by atoms with E-state index in [0.717, 1.165) is 29.6 Å². The van der Waals surface area contributed by atoms with Gasteiger partial charge in [0.1, 0.15) is 6.10 Å². The maximum absolute atomic E-state index is 11.6. The molecule has 140 valence electrons. The van der Waals surface area contributed by atoms with E-state index in [1.54, 1.807) is 13.0 Å². The highest BCUT2D eigenvalue weighted by Gasteiger charge is 2.42. The van der Waals surface area contributed by atoms with Crippen LogP contribution < -0.4 is 0 Å². The van der Waals surface area contributed by atoms with E-state index in [9.17, 15) is 4.79 Å². The Morgan fingerprint density at radius 3 is 2.58 bits per heavy atom. The Balaban J connectivity index is 1.53. The van der Waals surface area contributed by atoms with Gasteiger partial charge in [-0.25, -0.2) is 14.6 Å². The summed E-state index contributed by atoms with van der Waals surface area (Å²) in [5, 5.41) is 0. The van der Waals surface area contributed by atoms with E-state index < -0.39 is 5.79 Å². The smallest absolute Gasteiger partial charge is 0.330 e. The molecule has 3 rings (SSSR count). The summed E-state index contributed by atoms with van der Waals surface area (Å²) in [5.74, 6) is -1.01. The van der Waals surface area contributed by atoms with E-state index in [-0.39, 0.29) is 12.1 Å². The molecule has 5 nitrogen and oxygen atoms in total. The van der Waals surface area contributed by atoms with Gasteiger partial charge in [-0.2, -0.15) is 0 Å². The van der Waals surface area contributed by atoms with Gasteiger partial charge in [0.2, 0.25) is 5.79 Å². The zero-order valence-electron chi connectivity index (χ0n) is 15.5. The van der Waals surface area contributed by atoms with Gasteiger partial charge in [-0.1, -0.05) is 42.0 Å². The first-order chi connectivity index (χ1) is 12.5. The molecule has 1 saturated carbocycles. The van der Waals surface area contributed by atoms with Gasteiger partial charge in [-0.3, -0.25) is 0 Å². The van der Waals surface area contributed by atoms with Crippen LogP contribution in [-0.2, 0) is 24.0 Å². The van der Waals surface area contributed by atoms with Crippen molar-refractivity contribution in [2.24, 2.45) is 0 Å². The van der Waals surface area contributed by atoms with E-state index in [2.05, 4.69) is 6.58 Å². The zero-order valence-corrected chi connectivity index (χ0v) is 15.5. The number of benzene rings is 1. The van der Waals surface area contributed by atoms with E-state index in [1.807, 2.05) is 31.2 Å². The van der Waals surface area contributed by atoms with Crippen molar-refractivity contribution in [1.82, 2.24) is 0 Å². The van der Waals surface area contributed by atoms with Crippen LogP contribution in [0.3, 0.4) is 0 Å². The van der Waals surface area contributed by atoms with Crippen molar-refractivity contribution in [3.05, 3.63) is 53.6 Å². The molecule has 1 unspecified atom stereocenters. The standard InChI is InChI=1S/C21H26O5/c1-4-23-20(22)13-17-9-11-21(12-10-17)24-14-19(25-26-21)16(3)18-7-5-15(2)6-8-18/h5-8,13,19H,3-4,9-12,14H2,1-2H3. The lowest BCUT2D eigenvalue weighted by molar-refractivity contribution is -0.482. The molecule has 0 N–H and O–H groups in total. The zero-order chi connectivity index (χ0) is 18.6. The number of hydrogen-bond acceptors (Lipinski definition) is 5. The first-order valence-electron chi connectivity index (χ1n) is 9.12. The molecule has 2 fully saturated rings. The molecule has 2 aliphatic rings. The fourth-order valence-electron chi connectivity index (χ4n) is 3.21.